The van der Waals surface area contributed by atoms with E-state index in [4.69, 9.17) is 37.4 Å². The van der Waals surface area contributed by atoms with Crippen molar-refractivity contribution >= 4 is 29.2 Å². The SMILES string of the molecule is O=C1O[C@H](c2ccc3c(c2)OCCO3)C(Cl)=C1Cl. The number of hydrogen-bond acceptors (Lipinski definition) is 4. The molecule has 0 amide bonds. The number of halogens is 2. The van der Waals surface area contributed by atoms with Crippen LogP contribution in [0.1, 0.15) is 11.7 Å². The van der Waals surface area contributed by atoms with Crippen molar-refractivity contribution in [1.82, 2.24) is 0 Å². The number of ether oxygens (including phenoxy) is 3. The molecular formula is C12H8Cl2O4. The van der Waals surface area contributed by atoms with E-state index < -0.39 is 12.1 Å². The van der Waals surface area contributed by atoms with Crippen LogP contribution in [-0.2, 0) is 9.53 Å². The smallest absolute Gasteiger partial charge is 0.352 e. The van der Waals surface area contributed by atoms with E-state index in [-0.39, 0.29) is 10.1 Å². The average molecular weight is 287 g/mol. The molecule has 94 valence electrons. The fourth-order valence-corrected chi connectivity index (χ4v) is 2.25. The summed E-state index contributed by atoms with van der Waals surface area (Å²) < 4.78 is 16.0. The van der Waals surface area contributed by atoms with Gasteiger partial charge in [0.2, 0.25) is 0 Å². The molecule has 1 atom stereocenters. The van der Waals surface area contributed by atoms with Gasteiger partial charge in [-0.15, -0.1) is 0 Å². The number of benzene rings is 1. The van der Waals surface area contributed by atoms with E-state index in [1.165, 1.54) is 0 Å². The molecule has 0 aliphatic carbocycles. The maximum Gasteiger partial charge on any atom is 0.352 e. The number of fused-ring (bicyclic) bond motifs is 1. The lowest BCUT2D eigenvalue weighted by atomic mass is 10.1. The van der Waals surface area contributed by atoms with Crippen molar-refractivity contribution in [2.75, 3.05) is 13.2 Å². The van der Waals surface area contributed by atoms with Gasteiger partial charge in [-0.2, -0.15) is 0 Å². The highest BCUT2D eigenvalue weighted by Gasteiger charge is 2.34. The number of esters is 1. The highest BCUT2D eigenvalue weighted by molar-refractivity contribution is 6.48. The zero-order valence-corrected chi connectivity index (χ0v) is 10.6. The van der Waals surface area contributed by atoms with Crippen LogP contribution in [0.5, 0.6) is 11.5 Å². The van der Waals surface area contributed by atoms with Gasteiger partial charge in [-0.05, 0) is 12.1 Å². The number of rotatable bonds is 1. The second kappa shape index (κ2) is 4.37. The van der Waals surface area contributed by atoms with Crippen molar-refractivity contribution in [2.45, 2.75) is 6.10 Å². The second-order valence-electron chi connectivity index (χ2n) is 3.85. The standard InChI is InChI=1S/C12H8Cl2O4/c13-9-10(14)12(15)18-11(9)6-1-2-7-8(5-6)17-4-3-16-7/h1-2,5,11H,3-4H2/t11-/m1/s1. The third-order valence-electron chi connectivity index (χ3n) is 2.71. The minimum atomic E-state index is -0.664. The van der Waals surface area contributed by atoms with Crippen molar-refractivity contribution in [2.24, 2.45) is 0 Å². The molecule has 0 saturated carbocycles. The van der Waals surface area contributed by atoms with Crippen molar-refractivity contribution in [3.05, 3.63) is 33.8 Å². The fourth-order valence-electron chi connectivity index (χ4n) is 1.86. The van der Waals surface area contributed by atoms with Gasteiger partial charge in [0, 0.05) is 5.56 Å². The topological polar surface area (TPSA) is 44.8 Å². The molecule has 1 aromatic carbocycles. The normalized spacial score (nSPS) is 22.1. The van der Waals surface area contributed by atoms with Crippen molar-refractivity contribution in [3.8, 4) is 11.5 Å². The maximum atomic E-state index is 11.3. The fraction of sp³-hybridized carbons (Fsp3) is 0.250. The van der Waals surface area contributed by atoms with E-state index in [0.717, 1.165) is 0 Å². The lowest BCUT2D eigenvalue weighted by Gasteiger charge is -2.20. The van der Waals surface area contributed by atoms with Gasteiger partial charge in [-0.1, -0.05) is 29.3 Å². The van der Waals surface area contributed by atoms with Crippen LogP contribution in [0.3, 0.4) is 0 Å². The molecule has 0 saturated heterocycles. The summed E-state index contributed by atoms with van der Waals surface area (Å²) in [6.45, 7) is 1.02. The summed E-state index contributed by atoms with van der Waals surface area (Å²) in [4.78, 5) is 11.3. The Labute approximate surface area is 113 Å². The lowest BCUT2D eigenvalue weighted by molar-refractivity contribution is -0.139. The molecule has 0 unspecified atom stereocenters. The minimum absolute atomic E-state index is 0.0726. The van der Waals surface area contributed by atoms with Crippen LogP contribution in [0.2, 0.25) is 0 Å². The van der Waals surface area contributed by atoms with Gasteiger partial charge in [-0.3, -0.25) is 0 Å². The monoisotopic (exact) mass is 286 g/mol. The quantitative estimate of drug-likeness (QED) is 0.745. The highest BCUT2D eigenvalue weighted by atomic mass is 35.5. The average Bonchev–Trinajstić information content (AvgIpc) is 2.66. The summed E-state index contributed by atoms with van der Waals surface area (Å²) in [6.07, 6.45) is -0.664. The van der Waals surface area contributed by atoms with Crippen molar-refractivity contribution in [3.63, 3.8) is 0 Å². The third-order valence-corrected chi connectivity index (χ3v) is 3.55. The van der Waals surface area contributed by atoms with Crippen LogP contribution < -0.4 is 9.47 Å². The van der Waals surface area contributed by atoms with Crippen molar-refractivity contribution in [1.29, 1.82) is 0 Å². The zero-order valence-electron chi connectivity index (χ0n) is 9.11. The molecule has 1 aromatic rings. The molecule has 2 aliphatic rings. The largest absolute Gasteiger partial charge is 0.486 e. The van der Waals surface area contributed by atoms with Gasteiger partial charge in [0.25, 0.3) is 0 Å². The molecule has 0 fully saturated rings. The predicted octanol–water partition coefficient (Wildman–Crippen LogP) is 2.74. The van der Waals surface area contributed by atoms with Crippen LogP contribution in [0.4, 0.5) is 0 Å². The van der Waals surface area contributed by atoms with Crippen LogP contribution in [0, 0.1) is 0 Å². The van der Waals surface area contributed by atoms with E-state index >= 15 is 0 Å². The molecule has 6 heteroatoms. The first kappa shape index (κ1) is 11.7. The van der Waals surface area contributed by atoms with Gasteiger partial charge >= 0.3 is 5.97 Å². The zero-order chi connectivity index (χ0) is 12.7. The molecule has 0 bridgehead atoms. The first-order valence-corrected chi connectivity index (χ1v) is 6.08. The van der Waals surface area contributed by atoms with Crippen LogP contribution in [0.15, 0.2) is 28.3 Å². The molecular weight excluding hydrogens is 279 g/mol. The third kappa shape index (κ3) is 1.82. The van der Waals surface area contributed by atoms with Gasteiger partial charge in [-0.25, -0.2) is 4.79 Å². The molecule has 2 heterocycles. The van der Waals surface area contributed by atoms with Gasteiger partial charge in [0.15, 0.2) is 17.6 Å². The van der Waals surface area contributed by atoms with E-state index in [1.807, 2.05) is 0 Å². The molecule has 0 spiro atoms. The van der Waals surface area contributed by atoms with E-state index in [0.29, 0.717) is 30.3 Å². The maximum absolute atomic E-state index is 11.3. The highest BCUT2D eigenvalue weighted by Crippen LogP contribution is 2.42. The molecule has 0 radical (unpaired) electrons. The first-order valence-electron chi connectivity index (χ1n) is 5.32. The minimum Gasteiger partial charge on any atom is -0.486 e. The van der Waals surface area contributed by atoms with E-state index in [1.54, 1.807) is 18.2 Å². The Morgan fingerprint density at radius 3 is 2.50 bits per heavy atom. The Kier molecular flexibility index (Phi) is 2.84. The van der Waals surface area contributed by atoms with Gasteiger partial charge < -0.3 is 14.2 Å². The Morgan fingerprint density at radius 1 is 1.11 bits per heavy atom. The summed E-state index contributed by atoms with van der Waals surface area (Å²) in [5.41, 5.74) is 0.702. The van der Waals surface area contributed by atoms with Crippen molar-refractivity contribution < 1.29 is 19.0 Å². The first-order chi connectivity index (χ1) is 8.66. The number of carbonyl (C=O) groups excluding carboxylic acids is 1. The molecule has 0 N–H and O–H groups in total. The molecule has 0 aromatic heterocycles. The molecule has 18 heavy (non-hydrogen) atoms. The predicted molar refractivity (Wildman–Crippen MR) is 65.0 cm³/mol. The Bertz CT molecular complexity index is 553. The van der Waals surface area contributed by atoms with Crippen LogP contribution in [-0.4, -0.2) is 19.2 Å². The Hall–Kier alpha value is -1.39. The summed E-state index contributed by atoms with van der Waals surface area (Å²) >= 11 is 11.7. The Balaban J connectivity index is 1.97. The summed E-state index contributed by atoms with van der Waals surface area (Å²) in [5, 5.41) is 0.120. The molecule has 2 aliphatic heterocycles. The second-order valence-corrected chi connectivity index (χ2v) is 4.64. The number of hydrogen-bond donors (Lipinski definition) is 0. The van der Waals surface area contributed by atoms with Gasteiger partial charge in [0.05, 0.1) is 5.03 Å². The summed E-state index contributed by atoms with van der Waals surface area (Å²) in [5.74, 6) is 0.671. The number of cyclic esters (lactones) is 1. The molecule has 3 rings (SSSR count). The van der Waals surface area contributed by atoms with E-state index in [9.17, 15) is 4.79 Å². The van der Waals surface area contributed by atoms with Gasteiger partial charge in [0.1, 0.15) is 18.2 Å². The lowest BCUT2D eigenvalue weighted by Crippen LogP contribution is -2.15. The Morgan fingerprint density at radius 2 is 1.83 bits per heavy atom. The van der Waals surface area contributed by atoms with Crippen LogP contribution >= 0.6 is 23.2 Å². The van der Waals surface area contributed by atoms with Crippen LogP contribution in [0.25, 0.3) is 0 Å². The number of carbonyl (C=O) groups is 1. The summed E-state index contributed by atoms with van der Waals surface area (Å²) in [6, 6.07) is 5.27. The van der Waals surface area contributed by atoms with E-state index in [2.05, 4.69) is 0 Å². The molecule has 4 nitrogen and oxygen atoms in total. The summed E-state index contributed by atoms with van der Waals surface area (Å²) in [7, 11) is 0.